The maximum atomic E-state index is 11.8. The number of carbonyl (C=O) groups is 2. The molecule has 0 spiro atoms. The summed E-state index contributed by atoms with van der Waals surface area (Å²) in [6.45, 7) is 3.50. The Bertz CT molecular complexity index is 778. The first-order chi connectivity index (χ1) is 10.5. The van der Waals surface area contributed by atoms with E-state index in [9.17, 15) is 9.59 Å². The van der Waals surface area contributed by atoms with E-state index in [2.05, 4.69) is 0 Å². The quantitative estimate of drug-likeness (QED) is 0.688. The molecule has 0 aliphatic heterocycles. The number of Topliss-reactive ketones (excluding diaryl/α,β-unsaturated/α-hetero) is 1. The Balaban J connectivity index is 2.58. The molecule has 0 bridgehead atoms. The number of hydrogen-bond donors (Lipinski definition) is 1. The van der Waals surface area contributed by atoms with Crippen LogP contribution in [0.3, 0.4) is 0 Å². The Hall–Kier alpha value is -2.62. The lowest BCUT2D eigenvalue weighted by molar-refractivity contribution is 0.0997. The van der Waals surface area contributed by atoms with Crippen molar-refractivity contribution in [3.8, 4) is 0 Å². The van der Waals surface area contributed by atoms with Crippen LogP contribution in [0.4, 0.5) is 0 Å². The molecular weight excluding hydrogens is 273 g/mol. The number of benzene rings is 2. The van der Waals surface area contributed by atoms with Crippen molar-refractivity contribution in [3.63, 3.8) is 0 Å². The molecule has 2 aromatic rings. The minimum Gasteiger partial charge on any atom is -0.366 e. The second-order valence-electron chi connectivity index (χ2n) is 5.20. The molecule has 22 heavy (non-hydrogen) atoms. The third-order valence-electron chi connectivity index (χ3n) is 3.69. The molecule has 2 aromatic carbocycles. The standard InChI is InChI=1S/C18H18BNO2/c1-3-13(15-7-5-4-6-14(15)11(2)21)12-8-9-16(18(20)22)17(19)10-12/h3-10H,19H2,1-2H3,(H2,20,22)/b13-3-. The molecule has 0 aromatic heterocycles. The van der Waals surface area contributed by atoms with Crippen LogP contribution < -0.4 is 11.2 Å². The van der Waals surface area contributed by atoms with E-state index in [0.717, 1.165) is 22.2 Å². The van der Waals surface area contributed by atoms with Gasteiger partial charge in [-0.15, -0.1) is 0 Å². The fourth-order valence-electron chi connectivity index (χ4n) is 2.61. The van der Waals surface area contributed by atoms with Gasteiger partial charge >= 0.3 is 0 Å². The van der Waals surface area contributed by atoms with Crippen LogP contribution in [0.2, 0.25) is 0 Å². The number of primary amides is 1. The van der Waals surface area contributed by atoms with Gasteiger partial charge in [-0.05, 0) is 36.6 Å². The summed E-state index contributed by atoms with van der Waals surface area (Å²) in [5, 5.41) is 0. The molecule has 1 amide bonds. The van der Waals surface area contributed by atoms with E-state index >= 15 is 0 Å². The second kappa shape index (κ2) is 6.44. The molecule has 0 heterocycles. The predicted octanol–water partition coefficient (Wildman–Crippen LogP) is 1.70. The van der Waals surface area contributed by atoms with Crippen LogP contribution in [-0.2, 0) is 0 Å². The van der Waals surface area contributed by atoms with E-state index in [-0.39, 0.29) is 5.78 Å². The molecule has 0 radical (unpaired) electrons. The number of amides is 1. The summed E-state index contributed by atoms with van der Waals surface area (Å²) >= 11 is 0. The lowest BCUT2D eigenvalue weighted by Crippen LogP contribution is -2.22. The van der Waals surface area contributed by atoms with E-state index in [4.69, 9.17) is 5.73 Å². The Kier molecular flexibility index (Phi) is 4.61. The van der Waals surface area contributed by atoms with Crippen LogP contribution in [0, 0.1) is 0 Å². The van der Waals surface area contributed by atoms with Crippen LogP contribution in [-0.4, -0.2) is 19.5 Å². The van der Waals surface area contributed by atoms with E-state index in [0.29, 0.717) is 11.1 Å². The minimum atomic E-state index is -0.435. The van der Waals surface area contributed by atoms with Crippen molar-refractivity contribution in [2.75, 3.05) is 0 Å². The van der Waals surface area contributed by atoms with Crippen molar-refractivity contribution in [2.45, 2.75) is 13.8 Å². The van der Waals surface area contributed by atoms with Crippen LogP contribution in [0.5, 0.6) is 0 Å². The first kappa shape index (κ1) is 15.8. The van der Waals surface area contributed by atoms with Crippen molar-refractivity contribution in [1.29, 1.82) is 0 Å². The average Bonchev–Trinajstić information content (AvgIpc) is 2.48. The van der Waals surface area contributed by atoms with E-state index in [1.807, 2.05) is 57.2 Å². The van der Waals surface area contributed by atoms with E-state index in [1.165, 1.54) is 0 Å². The zero-order valence-corrected chi connectivity index (χ0v) is 13.0. The molecule has 2 N–H and O–H groups in total. The topological polar surface area (TPSA) is 60.2 Å². The number of carbonyl (C=O) groups excluding carboxylic acids is 2. The van der Waals surface area contributed by atoms with Gasteiger partial charge in [-0.3, -0.25) is 9.59 Å². The van der Waals surface area contributed by atoms with Crippen molar-refractivity contribution >= 4 is 30.6 Å². The highest BCUT2D eigenvalue weighted by Gasteiger charge is 2.13. The van der Waals surface area contributed by atoms with Gasteiger partial charge in [0.2, 0.25) is 5.91 Å². The van der Waals surface area contributed by atoms with E-state index in [1.54, 1.807) is 13.0 Å². The second-order valence-corrected chi connectivity index (χ2v) is 5.20. The molecule has 110 valence electrons. The van der Waals surface area contributed by atoms with Gasteiger partial charge in [0.05, 0.1) is 0 Å². The van der Waals surface area contributed by atoms with Gasteiger partial charge < -0.3 is 5.73 Å². The first-order valence-corrected chi connectivity index (χ1v) is 7.13. The maximum Gasteiger partial charge on any atom is 0.248 e. The summed E-state index contributed by atoms with van der Waals surface area (Å²) in [4.78, 5) is 23.2. The summed E-state index contributed by atoms with van der Waals surface area (Å²) in [7, 11) is 1.85. The number of ketones is 1. The zero-order valence-electron chi connectivity index (χ0n) is 13.0. The van der Waals surface area contributed by atoms with Crippen molar-refractivity contribution in [3.05, 3.63) is 70.8 Å². The monoisotopic (exact) mass is 291 g/mol. The van der Waals surface area contributed by atoms with Gasteiger partial charge in [-0.2, -0.15) is 0 Å². The summed E-state index contributed by atoms with van der Waals surface area (Å²) in [5.74, 6) is -0.407. The SMILES string of the molecule is Bc1cc(/C(=C/C)c2ccccc2C(C)=O)ccc1C(N)=O. The number of nitrogens with two attached hydrogens (primary N) is 1. The maximum absolute atomic E-state index is 11.8. The first-order valence-electron chi connectivity index (χ1n) is 7.13. The average molecular weight is 291 g/mol. The summed E-state index contributed by atoms with van der Waals surface area (Å²) in [6.07, 6.45) is 1.97. The van der Waals surface area contributed by atoms with Gasteiger partial charge in [0.25, 0.3) is 0 Å². The predicted molar refractivity (Wildman–Crippen MR) is 92.3 cm³/mol. The summed E-state index contributed by atoms with van der Waals surface area (Å²) in [6, 6.07) is 13.0. The highest BCUT2D eigenvalue weighted by molar-refractivity contribution is 6.36. The summed E-state index contributed by atoms with van der Waals surface area (Å²) in [5.41, 5.74) is 10.2. The number of hydrogen-bond acceptors (Lipinski definition) is 2. The minimum absolute atomic E-state index is 0.0282. The molecule has 0 fully saturated rings. The smallest absolute Gasteiger partial charge is 0.248 e. The van der Waals surface area contributed by atoms with Crippen molar-refractivity contribution in [2.24, 2.45) is 5.73 Å². The molecule has 0 atom stereocenters. The molecular formula is C18H18BNO2. The highest BCUT2D eigenvalue weighted by Crippen LogP contribution is 2.26. The van der Waals surface area contributed by atoms with Crippen molar-refractivity contribution < 1.29 is 9.59 Å². The van der Waals surface area contributed by atoms with Crippen LogP contribution in [0.15, 0.2) is 48.5 Å². The molecule has 0 saturated heterocycles. The van der Waals surface area contributed by atoms with Gasteiger partial charge in [-0.1, -0.05) is 47.9 Å². The zero-order chi connectivity index (χ0) is 16.3. The van der Waals surface area contributed by atoms with Crippen LogP contribution in [0.25, 0.3) is 5.57 Å². The fourth-order valence-corrected chi connectivity index (χ4v) is 2.61. The molecule has 0 unspecified atom stereocenters. The largest absolute Gasteiger partial charge is 0.366 e. The molecule has 4 heteroatoms. The third-order valence-corrected chi connectivity index (χ3v) is 3.69. The highest BCUT2D eigenvalue weighted by atomic mass is 16.1. The molecule has 2 rings (SSSR count). The fraction of sp³-hybridized carbons (Fsp3) is 0.111. The van der Waals surface area contributed by atoms with Gasteiger partial charge in [-0.25, -0.2) is 0 Å². The van der Waals surface area contributed by atoms with Gasteiger partial charge in [0.1, 0.15) is 7.85 Å². The molecule has 3 nitrogen and oxygen atoms in total. The van der Waals surface area contributed by atoms with E-state index < -0.39 is 5.91 Å². The number of allylic oxidation sites excluding steroid dienone is 1. The Labute approximate surface area is 131 Å². The normalized spacial score (nSPS) is 11.3. The molecule has 0 aliphatic rings. The third kappa shape index (κ3) is 3.01. The lowest BCUT2D eigenvalue weighted by atomic mass is 9.85. The Morgan fingerprint density at radius 2 is 1.68 bits per heavy atom. The van der Waals surface area contributed by atoms with Crippen LogP contribution >= 0.6 is 0 Å². The lowest BCUT2D eigenvalue weighted by Gasteiger charge is -2.13. The van der Waals surface area contributed by atoms with Crippen molar-refractivity contribution in [1.82, 2.24) is 0 Å². The van der Waals surface area contributed by atoms with Gasteiger partial charge in [0.15, 0.2) is 5.78 Å². The number of rotatable bonds is 4. The molecule has 0 saturated carbocycles. The van der Waals surface area contributed by atoms with Gasteiger partial charge in [0, 0.05) is 11.1 Å². The van der Waals surface area contributed by atoms with Crippen LogP contribution in [0.1, 0.15) is 45.7 Å². The Morgan fingerprint density at radius 1 is 1.05 bits per heavy atom. The molecule has 0 aliphatic carbocycles. The summed E-state index contributed by atoms with van der Waals surface area (Å²) < 4.78 is 0. The Morgan fingerprint density at radius 3 is 2.18 bits per heavy atom.